The van der Waals surface area contributed by atoms with E-state index in [0.29, 0.717) is 21.6 Å². The summed E-state index contributed by atoms with van der Waals surface area (Å²) in [4.78, 5) is 43.1. The number of carboxylic acids is 1. The van der Waals surface area contributed by atoms with E-state index in [1.165, 1.54) is 23.0 Å². The van der Waals surface area contributed by atoms with E-state index < -0.39 is 17.6 Å². The van der Waals surface area contributed by atoms with Gasteiger partial charge in [0.05, 0.1) is 17.3 Å². The summed E-state index contributed by atoms with van der Waals surface area (Å²) in [7, 11) is 3.17. The number of aromatic nitrogens is 1. The molecule has 3 aromatic rings. The monoisotopic (exact) mass is 473 g/mol. The van der Waals surface area contributed by atoms with Crippen LogP contribution in [0.4, 0.5) is 0 Å². The molecule has 1 atom stereocenters. The van der Waals surface area contributed by atoms with Crippen LogP contribution in [0.3, 0.4) is 0 Å². The standard InChI is InChI=1S/C24H31N3O5S/c1-6-16(24(30)31)27-17-12-10-9-11-15(17)20-18(22(27)28)19(32-5)21(33-20)23(29)25(4)13-14-26(7-2)8-3/h9-12,16H,6-8,13-14H2,1-5H3,(H,30,31). The van der Waals surface area contributed by atoms with Crippen molar-refractivity contribution in [2.24, 2.45) is 0 Å². The van der Waals surface area contributed by atoms with Crippen molar-refractivity contribution in [1.29, 1.82) is 0 Å². The van der Waals surface area contributed by atoms with Crippen molar-refractivity contribution in [2.75, 3.05) is 40.3 Å². The van der Waals surface area contributed by atoms with Crippen molar-refractivity contribution in [3.05, 3.63) is 39.5 Å². The summed E-state index contributed by atoms with van der Waals surface area (Å²) in [5.41, 5.74) is 0.0675. The Bertz CT molecular complexity index is 1230. The summed E-state index contributed by atoms with van der Waals surface area (Å²) in [6.45, 7) is 8.98. The number of hydrogen-bond acceptors (Lipinski definition) is 6. The molecule has 178 valence electrons. The van der Waals surface area contributed by atoms with Gasteiger partial charge in [0, 0.05) is 25.5 Å². The number of nitrogens with zero attached hydrogens (tertiary/aromatic N) is 3. The van der Waals surface area contributed by atoms with Crippen LogP contribution in [0.2, 0.25) is 0 Å². The van der Waals surface area contributed by atoms with E-state index >= 15 is 0 Å². The van der Waals surface area contributed by atoms with Crippen LogP contribution in [-0.2, 0) is 4.79 Å². The highest BCUT2D eigenvalue weighted by molar-refractivity contribution is 7.22. The van der Waals surface area contributed by atoms with Crippen LogP contribution >= 0.6 is 11.3 Å². The first kappa shape index (κ1) is 24.7. The lowest BCUT2D eigenvalue weighted by molar-refractivity contribution is -0.140. The number of carboxylic acid groups (broad SMARTS) is 1. The lowest BCUT2D eigenvalue weighted by atomic mass is 10.1. The highest BCUT2D eigenvalue weighted by atomic mass is 32.1. The number of pyridine rings is 1. The number of para-hydroxylation sites is 1. The predicted octanol–water partition coefficient (Wildman–Crippen LogP) is 3.67. The third-order valence-corrected chi connectivity index (χ3v) is 7.27. The Morgan fingerprint density at radius 3 is 2.39 bits per heavy atom. The molecule has 0 saturated heterocycles. The number of rotatable bonds is 10. The molecule has 0 aliphatic heterocycles. The van der Waals surface area contributed by atoms with Crippen LogP contribution in [-0.4, -0.2) is 71.7 Å². The molecule has 0 saturated carbocycles. The Balaban J connectivity index is 2.22. The molecule has 8 nitrogen and oxygen atoms in total. The zero-order chi connectivity index (χ0) is 24.3. The highest BCUT2D eigenvalue weighted by Crippen LogP contribution is 2.40. The number of amides is 1. The molecule has 0 aliphatic carbocycles. The fraction of sp³-hybridized carbons (Fsp3) is 0.458. The van der Waals surface area contributed by atoms with E-state index in [-0.39, 0.29) is 23.5 Å². The van der Waals surface area contributed by atoms with Gasteiger partial charge in [0.15, 0.2) is 5.75 Å². The Morgan fingerprint density at radius 1 is 1.15 bits per heavy atom. The van der Waals surface area contributed by atoms with Gasteiger partial charge in [-0.2, -0.15) is 0 Å². The van der Waals surface area contributed by atoms with Gasteiger partial charge in [-0.15, -0.1) is 11.3 Å². The normalized spacial score (nSPS) is 12.4. The number of benzene rings is 1. The molecule has 0 spiro atoms. The lowest BCUT2D eigenvalue weighted by Gasteiger charge is -2.23. The number of thiophene rings is 1. The van der Waals surface area contributed by atoms with Crippen molar-refractivity contribution in [3.63, 3.8) is 0 Å². The summed E-state index contributed by atoms with van der Waals surface area (Å²) in [6.07, 6.45) is 0.247. The molecule has 9 heteroatoms. The third kappa shape index (κ3) is 4.47. The Labute approximate surface area is 197 Å². The van der Waals surface area contributed by atoms with Crippen molar-refractivity contribution in [1.82, 2.24) is 14.4 Å². The number of hydrogen-bond donors (Lipinski definition) is 1. The Morgan fingerprint density at radius 2 is 1.82 bits per heavy atom. The maximum atomic E-state index is 13.6. The fourth-order valence-corrected chi connectivity index (χ4v) is 5.41. The molecule has 0 bridgehead atoms. The van der Waals surface area contributed by atoms with Gasteiger partial charge < -0.3 is 19.6 Å². The van der Waals surface area contributed by atoms with Crippen LogP contribution < -0.4 is 10.3 Å². The second-order valence-corrected chi connectivity index (χ2v) is 8.90. The summed E-state index contributed by atoms with van der Waals surface area (Å²) in [5.74, 6) is -1.09. The molecule has 1 amide bonds. The summed E-state index contributed by atoms with van der Waals surface area (Å²) < 4.78 is 7.53. The smallest absolute Gasteiger partial charge is 0.326 e. The second-order valence-electron chi connectivity index (χ2n) is 7.88. The number of carbonyl (C=O) groups is 2. The lowest BCUT2D eigenvalue weighted by Crippen LogP contribution is -2.36. The fourth-order valence-electron chi connectivity index (χ4n) is 4.12. The summed E-state index contributed by atoms with van der Waals surface area (Å²) in [6, 6.07) is 6.17. The van der Waals surface area contributed by atoms with Crippen LogP contribution in [0.1, 0.15) is 42.9 Å². The number of methoxy groups -OCH3 is 1. The first-order chi connectivity index (χ1) is 15.8. The minimum atomic E-state index is -1.08. The molecular weight excluding hydrogens is 442 g/mol. The van der Waals surface area contributed by atoms with Gasteiger partial charge in [-0.25, -0.2) is 4.79 Å². The first-order valence-corrected chi connectivity index (χ1v) is 12.0. The molecular formula is C24H31N3O5S. The summed E-state index contributed by atoms with van der Waals surface area (Å²) >= 11 is 1.22. The molecule has 1 unspecified atom stereocenters. The van der Waals surface area contributed by atoms with Crippen LogP contribution in [0.25, 0.3) is 21.0 Å². The van der Waals surface area contributed by atoms with Crippen LogP contribution in [0.15, 0.2) is 29.1 Å². The quantitative estimate of drug-likeness (QED) is 0.483. The molecule has 1 aromatic carbocycles. The minimum Gasteiger partial charge on any atom is -0.494 e. The van der Waals surface area contributed by atoms with E-state index in [1.54, 1.807) is 31.0 Å². The molecule has 0 aliphatic rings. The molecule has 33 heavy (non-hydrogen) atoms. The van der Waals surface area contributed by atoms with Gasteiger partial charge in [0.2, 0.25) is 0 Å². The van der Waals surface area contributed by atoms with Gasteiger partial charge in [-0.05, 0) is 25.6 Å². The minimum absolute atomic E-state index is 0.208. The van der Waals surface area contributed by atoms with E-state index in [2.05, 4.69) is 18.7 Å². The number of ether oxygens (including phenoxy) is 1. The zero-order valence-electron chi connectivity index (χ0n) is 19.8. The predicted molar refractivity (Wildman–Crippen MR) is 132 cm³/mol. The van der Waals surface area contributed by atoms with Crippen molar-refractivity contribution < 1.29 is 19.4 Å². The topological polar surface area (TPSA) is 92.1 Å². The van der Waals surface area contributed by atoms with Gasteiger partial charge in [0.25, 0.3) is 11.5 Å². The van der Waals surface area contributed by atoms with E-state index in [9.17, 15) is 19.5 Å². The molecule has 2 aromatic heterocycles. The zero-order valence-corrected chi connectivity index (χ0v) is 20.6. The molecule has 1 N–H and O–H groups in total. The average Bonchev–Trinajstić information content (AvgIpc) is 3.21. The first-order valence-electron chi connectivity index (χ1n) is 11.1. The van der Waals surface area contributed by atoms with Gasteiger partial charge in [0.1, 0.15) is 16.3 Å². The average molecular weight is 474 g/mol. The van der Waals surface area contributed by atoms with Crippen molar-refractivity contribution in [2.45, 2.75) is 33.2 Å². The van der Waals surface area contributed by atoms with E-state index in [1.807, 2.05) is 12.1 Å². The molecule has 3 rings (SSSR count). The molecule has 2 heterocycles. The Hall–Kier alpha value is -2.91. The van der Waals surface area contributed by atoms with Crippen LogP contribution in [0, 0.1) is 0 Å². The number of carbonyl (C=O) groups excluding carboxylic acids is 1. The van der Waals surface area contributed by atoms with E-state index in [0.717, 1.165) is 25.0 Å². The van der Waals surface area contributed by atoms with Gasteiger partial charge in [-0.3, -0.25) is 14.2 Å². The highest BCUT2D eigenvalue weighted by Gasteiger charge is 2.29. The third-order valence-electron chi connectivity index (χ3n) is 6.08. The van der Waals surface area contributed by atoms with Gasteiger partial charge in [-0.1, -0.05) is 39.0 Å². The number of fused-ring (bicyclic) bond motifs is 3. The van der Waals surface area contributed by atoms with Gasteiger partial charge >= 0.3 is 5.97 Å². The van der Waals surface area contributed by atoms with Crippen molar-refractivity contribution >= 4 is 44.2 Å². The largest absolute Gasteiger partial charge is 0.494 e. The SMILES string of the molecule is CCC(C(=O)O)n1c(=O)c2c(OC)c(C(=O)N(C)CCN(CC)CC)sc2c2ccccc21. The second kappa shape index (κ2) is 10.4. The Kier molecular flexibility index (Phi) is 7.76. The van der Waals surface area contributed by atoms with Crippen molar-refractivity contribution in [3.8, 4) is 5.75 Å². The number of aliphatic carboxylic acids is 1. The number of likely N-dealkylation sites (N-methyl/N-ethyl adjacent to an activating group) is 2. The van der Waals surface area contributed by atoms with Crippen LogP contribution in [0.5, 0.6) is 5.75 Å². The molecule has 0 fully saturated rings. The summed E-state index contributed by atoms with van der Waals surface area (Å²) in [5, 5.41) is 10.7. The molecule has 0 radical (unpaired) electrons. The maximum Gasteiger partial charge on any atom is 0.326 e. The maximum absolute atomic E-state index is 13.6. The van der Waals surface area contributed by atoms with E-state index in [4.69, 9.17) is 4.74 Å².